The Bertz CT molecular complexity index is 1030. The molecule has 3 heterocycles. The summed E-state index contributed by atoms with van der Waals surface area (Å²) in [5.41, 5.74) is 4.25. The van der Waals surface area contributed by atoms with E-state index in [0.29, 0.717) is 13.1 Å². The van der Waals surface area contributed by atoms with Crippen molar-refractivity contribution >= 4 is 11.9 Å². The number of ether oxygens (including phenoxy) is 2. The molecule has 158 valence electrons. The van der Waals surface area contributed by atoms with Crippen molar-refractivity contribution in [1.29, 1.82) is 0 Å². The highest BCUT2D eigenvalue weighted by Gasteiger charge is 2.32. The van der Waals surface area contributed by atoms with E-state index in [4.69, 9.17) is 9.47 Å². The zero-order valence-electron chi connectivity index (χ0n) is 17.3. The number of aromatic nitrogens is 1. The number of hydrogen-bond acceptors (Lipinski definition) is 5. The minimum absolute atomic E-state index is 0.214. The monoisotopic (exact) mass is 415 g/mol. The summed E-state index contributed by atoms with van der Waals surface area (Å²) >= 11 is 0. The number of benzene rings is 2. The fraction of sp³-hybridized carbons (Fsp3) is 0.280. The first-order valence-corrected chi connectivity index (χ1v) is 10.6. The van der Waals surface area contributed by atoms with Gasteiger partial charge >= 0.3 is 6.09 Å². The van der Waals surface area contributed by atoms with Crippen molar-refractivity contribution in [3.8, 4) is 11.1 Å². The average Bonchev–Trinajstić information content (AvgIpc) is 3.20. The van der Waals surface area contributed by atoms with E-state index in [-0.39, 0.29) is 12.2 Å². The van der Waals surface area contributed by atoms with Crippen molar-refractivity contribution in [1.82, 2.24) is 9.88 Å². The van der Waals surface area contributed by atoms with Crippen LogP contribution in [0, 0.1) is 0 Å². The molecule has 0 unspecified atom stereocenters. The Morgan fingerprint density at radius 3 is 2.55 bits per heavy atom. The fourth-order valence-corrected chi connectivity index (χ4v) is 4.08. The summed E-state index contributed by atoms with van der Waals surface area (Å²) in [5, 5.41) is 0. The van der Waals surface area contributed by atoms with E-state index in [1.807, 2.05) is 48.7 Å². The van der Waals surface area contributed by atoms with Gasteiger partial charge in [0.2, 0.25) is 0 Å². The minimum Gasteiger partial charge on any atom is -0.439 e. The second-order valence-corrected chi connectivity index (χ2v) is 7.87. The molecule has 0 saturated carbocycles. The number of anilines is 1. The molecule has 3 aromatic rings. The normalized spacial score (nSPS) is 18.8. The number of carbonyl (C=O) groups excluding carboxylic acids is 1. The van der Waals surface area contributed by atoms with Gasteiger partial charge in [-0.15, -0.1) is 0 Å². The number of nitrogens with zero attached hydrogens (tertiary/aromatic N) is 3. The Morgan fingerprint density at radius 1 is 0.935 bits per heavy atom. The molecule has 5 rings (SSSR count). The van der Waals surface area contributed by atoms with Crippen molar-refractivity contribution in [2.75, 3.05) is 37.7 Å². The maximum atomic E-state index is 12.4. The summed E-state index contributed by atoms with van der Waals surface area (Å²) in [6, 6.07) is 22.3. The van der Waals surface area contributed by atoms with Gasteiger partial charge < -0.3 is 14.4 Å². The summed E-state index contributed by atoms with van der Waals surface area (Å²) in [4.78, 5) is 21.0. The van der Waals surface area contributed by atoms with Gasteiger partial charge in [-0.2, -0.15) is 0 Å². The smallest absolute Gasteiger partial charge is 0.410 e. The van der Waals surface area contributed by atoms with Crippen molar-refractivity contribution < 1.29 is 14.3 Å². The Morgan fingerprint density at radius 2 is 1.77 bits per heavy atom. The number of rotatable bonds is 5. The van der Waals surface area contributed by atoms with Gasteiger partial charge in [-0.05, 0) is 34.9 Å². The molecule has 0 radical (unpaired) electrons. The Balaban J connectivity index is 1.27. The third-order valence-electron chi connectivity index (χ3n) is 5.78. The fourth-order valence-electron chi connectivity index (χ4n) is 4.08. The van der Waals surface area contributed by atoms with Gasteiger partial charge in [-0.1, -0.05) is 48.5 Å². The Labute approximate surface area is 182 Å². The maximum absolute atomic E-state index is 12.4. The minimum atomic E-state index is -0.268. The van der Waals surface area contributed by atoms with Gasteiger partial charge in [-0.25, -0.2) is 9.78 Å². The number of pyridine rings is 1. The molecular formula is C25H25N3O3. The zero-order chi connectivity index (χ0) is 21.0. The third kappa shape index (κ3) is 4.39. The highest BCUT2D eigenvalue weighted by Crippen LogP contribution is 2.28. The summed E-state index contributed by atoms with van der Waals surface area (Å²) in [5.74, 6) is 0.981. The lowest BCUT2D eigenvalue weighted by atomic mass is 10.0. The summed E-state index contributed by atoms with van der Waals surface area (Å²) < 4.78 is 11.0. The largest absolute Gasteiger partial charge is 0.439 e. The highest BCUT2D eigenvalue weighted by molar-refractivity contribution is 5.70. The first-order valence-electron chi connectivity index (χ1n) is 10.6. The zero-order valence-corrected chi connectivity index (χ0v) is 17.3. The molecular weight excluding hydrogens is 390 g/mol. The molecule has 1 atom stereocenters. The molecule has 0 bridgehead atoms. The first-order chi connectivity index (χ1) is 15.3. The van der Waals surface area contributed by atoms with Gasteiger partial charge in [0.05, 0.1) is 19.8 Å². The lowest BCUT2D eigenvalue weighted by Gasteiger charge is -2.27. The van der Waals surface area contributed by atoms with Crippen molar-refractivity contribution in [2.45, 2.75) is 12.6 Å². The number of cyclic esters (lactones) is 1. The topological polar surface area (TPSA) is 54.9 Å². The van der Waals surface area contributed by atoms with E-state index in [1.165, 1.54) is 0 Å². The van der Waals surface area contributed by atoms with Crippen molar-refractivity contribution in [3.63, 3.8) is 0 Å². The van der Waals surface area contributed by atoms with Gasteiger partial charge in [0.25, 0.3) is 0 Å². The van der Waals surface area contributed by atoms with E-state index in [0.717, 1.165) is 54.4 Å². The van der Waals surface area contributed by atoms with Crippen molar-refractivity contribution in [3.05, 3.63) is 84.1 Å². The van der Waals surface area contributed by atoms with Crippen LogP contribution in [0.3, 0.4) is 0 Å². The first kappa shape index (κ1) is 19.6. The molecule has 31 heavy (non-hydrogen) atoms. The molecule has 2 saturated heterocycles. The molecule has 1 amide bonds. The average molecular weight is 415 g/mol. The molecule has 2 fully saturated rings. The van der Waals surface area contributed by atoms with Crippen LogP contribution in [0.1, 0.15) is 17.2 Å². The number of carbonyl (C=O) groups is 1. The van der Waals surface area contributed by atoms with Crippen LogP contribution < -0.4 is 4.90 Å². The van der Waals surface area contributed by atoms with Crippen LogP contribution in [0.25, 0.3) is 11.1 Å². The van der Waals surface area contributed by atoms with Crippen LogP contribution in [0.4, 0.5) is 10.6 Å². The van der Waals surface area contributed by atoms with E-state index in [9.17, 15) is 4.79 Å². The molecule has 2 aliphatic rings. The van der Waals surface area contributed by atoms with E-state index in [2.05, 4.69) is 34.1 Å². The summed E-state index contributed by atoms with van der Waals surface area (Å²) in [6.45, 7) is 4.32. The molecule has 0 spiro atoms. The van der Waals surface area contributed by atoms with Crippen molar-refractivity contribution in [2.24, 2.45) is 0 Å². The molecule has 0 aliphatic carbocycles. The van der Waals surface area contributed by atoms with E-state index in [1.54, 1.807) is 4.90 Å². The van der Waals surface area contributed by atoms with Gasteiger partial charge in [-0.3, -0.25) is 4.90 Å². The van der Waals surface area contributed by atoms with Crippen LogP contribution in [-0.2, 0) is 16.0 Å². The van der Waals surface area contributed by atoms with Crippen LogP contribution in [0.5, 0.6) is 0 Å². The molecule has 0 N–H and O–H groups in total. The van der Waals surface area contributed by atoms with Gasteiger partial charge in [0, 0.05) is 31.4 Å². The lowest BCUT2D eigenvalue weighted by Crippen LogP contribution is -2.36. The van der Waals surface area contributed by atoms with E-state index < -0.39 is 0 Å². The molecule has 6 nitrogen and oxygen atoms in total. The van der Waals surface area contributed by atoms with Crippen LogP contribution >= 0.6 is 0 Å². The molecule has 1 aromatic heterocycles. The lowest BCUT2D eigenvalue weighted by molar-refractivity contribution is 0.122. The quantitative estimate of drug-likeness (QED) is 0.623. The molecule has 2 aliphatic heterocycles. The summed E-state index contributed by atoms with van der Waals surface area (Å²) in [7, 11) is 0. The second-order valence-electron chi connectivity index (χ2n) is 7.87. The number of amides is 1. The standard InChI is InChI=1S/C25H25N3O3/c29-25-28(18-23(31-25)20-6-2-1-3-7-20)17-19-5-4-8-21(15-19)22-9-10-24(26-16-22)27-11-13-30-14-12-27/h1-10,15-16,23H,11-14,17-18H2/t23-/m0/s1. The van der Waals surface area contributed by atoms with E-state index >= 15 is 0 Å². The maximum Gasteiger partial charge on any atom is 0.410 e. The van der Waals surface area contributed by atoms with Gasteiger partial charge in [0.15, 0.2) is 0 Å². The van der Waals surface area contributed by atoms with Gasteiger partial charge in [0.1, 0.15) is 11.9 Å². The Hall–Kier alpha value is -3.38. The summed E-state index contributed by atoms with van der Waals surface area (Å²) in [6.07, 6.45) is 1.43. The number of morpholine rings is 1. The van der Waals surface area contributed by atoms with Crippen LogP contribution in [0.15, 0.2) is 72.9 Å². The van der Waals surface area contributed by atoms with Crippen LogP contribution in [-0.4, -0.2) is 48.8 Å². The Kier molecular flexibility index (Phi) is 5.54. The third-order valence-corrected chi connectivity index (χ3v) is 5.78. The number of hydrogen-bond donors (Lipinski definition) is 0. The predicted octanol–water partition coefficient (Wildman–Crippen LogP) is 4.28. The second kappa shape index (κ2) is 8.78. The highest BCUT2D eigenvalue weighted by atomic mass is 16.6. The SMILES string of the molecule is O=C1O[C@H](c2ccccc2)CN1Cc1cccc(-c2ccc(N3CCOCC3)nc2)c1. The molecule has 6 heteroatoms. The predicted molar refractivity (Wildman–Crippen MR) is 119 cm³/mol. The molecule has 2 aromatic carbocycles. The van der Waals surface area contributed by atoms with Crippen LogP contribution in [0.2, 0.25) is 0 Å².